The van der Waals surface area contributed by atoms with E-state index in [1.807, 2.05) is 6.07 Å². The van der Waals surface area contributed by atoms with Gasteiger partial charge in [-0.3, -0.25) is 14.4 Å². The summed E-state index contributed by atoms with van der Waals surface area (Å²) < 4.78 is 5.29. The fourth-order valence-corrected chi connectivity index (χ4v) is 4.12. The number of alkyl carbamates (subject to hydrolysis) is 1. The van der Waals surface area contributed by atoms with Crippen molar-refractivity contribution in [2.75, 3.05) is 0 Å². The summed E-state index contributed by atoms with van der Waals surface area (Å²) in [5.41, 5.74) is 0.687. The third kappa shape index (κ3) is 8.05. The summed E-state index contributed by atoms with van der Waals surface area (Å²) in [6, 6.07) is 14.1. The molecular weight excluding hydrogens is 444 g/mol. The van der Waals surface area contributed by atoms with Gasteiger partial charge in [-0.25, -0.2) is 4.79 Å². The van der Waals surface area contributed by atoms with Gasteiger partial charge in [0.05, 0.1) is 0 Å². The van der Waals surface area contributed by atoms with Crippen molar-refractivity contribution in [3.8, 4) is 0 Å². The largest absolute Gasteiger partial charge is 0.444 e. The molecule has 0 saturated heterocycles. The van der Waals surface area contributed by atoms with Gasteiger partial charge < -0.3 is 15.4 Å². The molecule has 1 aliphatic carbocycles. The summed E-state index contributed by atoms with van der Waals surface area (Å²) in [6.07, 6.45) is 4.11. The molecule has 1 fully saturated rings. The lowest BCUT2D eigenvalue weighted by molar-refractivity contribution is -0.123. The van der Waals surface area contributed by atoms with Crippen LogP contribution in [-0.2, 0) is 16.0 Å². The summed E-state index contributed by atoms with van der Waals surface area (Å²) in [6.45, 7) is 5.12. The number of carbonyl (C=O) groups is 4. The quantitative estimate of drug-likeness (QED) is 0.425. The lowest BCUT2D eigenvalue weighted by atomic mass is 9.94. The van der Waals surface area contributed by atoms with E-state index in [0.717, 1.165) is 32.1 Å². The van der Waals surface area contributed by atoms with Crippen LogP contribution in [0.15, 0.2) is 54.6 Å². The van der Waals surface area contributed by atoms with Crippen LogP contribution in [0.2, 0.25) is 0 Å². The van der Waals surface area contributed by atoms with Gasteiger partial charge in [-0.05, 0) is 45.2 Å². The molecule has 2 amide bonds. The second-order valence-corrected chi connectivity index (χ2v) is 9.95. The first-order valence-corrected chi connectivity index (χ1v) is 12.1. The molecule has 2 N–H and O–H groups in total. The molecule has 2 aromatic carbocycles. The second-order valence-electron chi connectivity index (χ2n) is 9.95. The molecule has 7 heteroatoms. The maximum atomic E-state index is 13.4. The van der Waals surface area contributed by atoms with Gasteiger partial charge in [-0.15, -0.1) is 0 Å². The summed E-state index contributed by atoms with van der Waals surface area (Å²) in [4.78, 5) is 51.6. The first-order chi connectivity index (χ1) is 16.6. The summed E-state index contributed by atoms with van der Waals surface area (Å²) in [7, 11) is 0. The lowest BCUT2D eigenvalue weighted by Gasteiger charge is -2.26. The topological polar surface area (TPSA) is 102 Å². The Kier molecular flexibility index (Phi) is 8.79. The number of hydrogen-bond donors (Lipinski definition) is 2. The normalized spacial score (nSPS) is 15.1. The fourth-order valence-electron chi connectivity index (χ4n) is 4.12. The van der Waals surface area contributed by atoms with Crippen LogP contribution in [-0.4, -0.2) is 41.3 Å². The smallest absolute Gasteiger partial charge is 0.408 e. The van der Waals surface area contributed by atoms with Crippen LogP contribution in [0.5, 0.6) is 0 Å². The van der Waals surface area contributed by atoms with Crippen LogP contribution in [0.4, 0.5) is 4.79 Å². The van der Waals surface area contributed by atoms with Gasteiger partial charge in [0.1, 0.15) is 5.60 Å². The minimum absolute atomic E-state index is 0.0261. The molecule has 186 valence electrons. The molecule has 0 heterocycles. The highest BCUT2D eigenvalue weighted by Gasteiger charge is 2.32. The van der Waals surface area contributed by atoms with E-state index in [4.69, 9.17) is 4.74 Å². The van der Waals surface area contributed by atoms with Crippen LogP contribution in [0.1, 0.15) is 79.2 Å². The van der Waals surface area contributed by atoms with E-state index >= 15 is 0 Å². The monoisotopic (exact) mass is 478 g/mol. The lowest BCUT2D eigenvalue weighted by Crippen LogP contribution is -2.54. The van der Waals surface area contributed by atoms with Gasteiger partial charge in [0.2, 0.25) is 0 Å². The number of benzene rings is 2. The third-order valence-corrected chi connectivity index (χ3v) is 5.81. The molecule has 35 heavy (non-hydrogen) atoms. The molecule has 0 aromatic heterocycles. The summed E-state index contributed by atoms with van der Waals surface area (Å²) in [5.74, 6) is -1.19. The number of hydrogen-bond acceptors (Lipinski definition) is 5. The van der Waals surface area contributed by atoms with Gasteiger partial charge in [0.15, 0.2) is 17.6 Å². The van der Waals surface area contributed by atoms with E-state index in [9.17, 15) is 19.2 Å². The van der Waals surface area contributed by atoms with Crippen molar-refractivity contribution in [1.82, 2.24) is 10.6 Å². The van der Waals surface area contributed by atoms with E-state index in [1.54, 1.807) is 69.3 Å². The van der Waals surface area contributed by atoms with E-state index < -0.39 is 29.4 Å². The number of nitrogens with one attached hydrogen (secondary N) is 2. The Morgan fingerprint density at radius 1 is 0.914 bits per heavy atom. The van der Waals surface area contributed by atoms with Crippen LogP contribution >= 0.6 is 0 Å². The van der Waals surface area contributed by atoms with Crippen LogP contribution in [0.25, 0.3) is 0 Å². The second kappa shape index (κ2) is 11.8. The van der Waals surface area contributed by atoms with Crippen molar-refractivity contribution in [3.05, 3.63) is 71.3 Å². The highest BCUT2D eigenvalue weighted by molar-refractivity contribution is 6.15. The first kappa shape index (κ1) is 26.1. The van der Waals surface area contributed by atoms with Crippen molar-refractivity contribution in [2.24, 2.45) is 0 Å². The molecule has 0 bridgehead atoms. The van der Waals surface area contributed by atoms with E-state index in [1.165, 1.54) is 0 Å². The molecule has 0 spiro atoms. The maximum Gasteiger partial charge on any atom is 0.408 e. The molecular formula is C28H34N2O5. The minimum atomic E-state index is -1.44. The van der Waals surface area contributed by atoms with Gasteiger partial charge in [0.25, 0.3) is 5.91 Å². The SMILES string of the molecule is CC(C)(C)OC(=O)NC(C(=O)NC1CCCCC1)C(=O)c1cccc(CC(=O)c2ccccc2)c1. The standard InChI is InChI=1S/C28H34N2O5/c1-28(2,3)35-27(34)30-24(26(33)29-22-15-8-5-9-16-22)25(32)21-14-10-11-19(17-21)18-23(31)20-12-6-4-7-13-20/h4,6-7,10-14,17,22,24H,5,8-9,15-16,18H2,1-3H3,(H,29,33)(H,30,34). The number of rotatable bonds is 8. The van der Waals surface area contributed by atoms with E-state index in [-0.39, 0.29) is 23.8 Å². The van der Waals surface area contributed by atoms with Gasteiger partial charge >= 0.3 is 6.09 Å². The molecule has 1 atom stereocenters. The number of amides is 2. The molecule has 3 rings (SSSR count). The van der Waals surface area contributed by atoms with Crippen molar-refractivity contribution in [3.63, 3.8) is 0 Å². The van der Waals surface area contributed by atoms with Crippen molar-refractivity contribution in [1.29, 1.82) is 0 Å². The third-order valence-electron chi connectivity index (χ3n) is 5.81. The Bertz CT molecular complexity index is 1050. The average molecular weight is 479 g/mol. The molecule has 1 aliphatic rings. The van der Waals surface area contributed by atoms with Crippen molar-refractivity contribution in [2.45, 2.75) is 77.0 Å². The minimum Gasteiger partial charge on any atom is -0.444 e. The van der Waals surface area contributed by atoms with Crippen LogP contribution < -0.4 is 10.6 Å². The summed E-state index contributed by atoms with van der Waals surface area (Å²) >= 11 is 0. The zero-order valence-electron chi connectivity index (χ0n) is 20.6. The van der Waals surface area contributed by atoms with Gasteiger partial charge in [-0.1, -0.05) is 67.8 Å². The van der Waals surface area contributed by atoms with E-state index in [0.29, 0.717) is 11.1 Å². The molecule has 1 unspecified atom stereocenters. The van der Waals surface area contributed by atoms with Gasteiger partial charge in [0, 0.05) is 23.6 Å². The highest BCUT2D eigenvalue weighted by Crippen LogP contribution is 2.18. The van der Waals surface area contributed by atoms with Crippen LogP contribution in [0, 0.1) is 0 Å². The molecule has 1 saturated carbocycles. The first-order valence-electron chi connectivity index (χ1n) is 12.1. The Morgan fingerprint density at radius 2 is 1.57 bits per heavy atom. The molecule has 0 aliphatic heterocycles. The number of ether oxygens (including phenoxy) is 1. The Labute approximate surface area is 206 Å². The fraction of sp³-hybridized carbons (Fsp3) is 0.429. The maximum absolute atomic E-state index is 13.4. The molecule has 7 nitrogen and oxygen atoms in total. The van der Waals surface area contributed by atoms with Crippen molar-refractivity contribution < 1.29 is 23.9 Å². The zero-order valence-corrected chi connectivity index (χ0v) is 20.6. The zero-order chi connectivity index (χ0) is 25.4. The Morgan fingerprint density at radius 3 is 2.23 bits per heavy atom. The number of ketones is 2. The molecule has 0 radical (unpaired) electrons. The number of Topliss-reactive ketones (excluding diaryl/α,β-unsaturated/α-hetero) is 2. The molecule has 2 aromatic rings. The summed E-state index contributed by atoms with van der Waals surface area (Å²) in [5, 5.41) is 5.38. The highest BCUT2D eigenvalue weighted by atomic mass is 16.6. The number of carbonyl (C=O) groups excluding carboxylic acids is 4. The van der Waals surface area contributed by atoms with E-state index in [2.05, 4.69) is 10.6 Å². The Balaban J connectivity index is 1.78. The predicted molar refractivity (Wildman–Crippen MR) is 133 cm³/mol. The Hall–Kier alpha value is -3.48. The van der Waals surface area contributed by atoms with Crippen molar-refractivity contribution >= 4 is 23.6 Å². The van der Waals surface area contributed by atoms with Gasteiger partial charge in [-0.2, -0.15) is 0 Å². The predicted octanol–water partition coefficient (Wildman–Crippen LogP) is 4.64. The average Bonchev–Trinajstić information content (AvgIpc) is 2.82. The van der Waals surface area contributed by atoms with Crippen LogP contribution in [0.3, 0.4) is 0 Å².